The summed E-state index contributed by atoms with van der Waals surface area (Å²) >= 11 is 1.60. The molecule has 0 radical (unpaired) electrons. The van der Waals surface area contributed by atoms with Gasteiger partial charge in [0.25, 0.3) is 0 Å². The molecule has 3 unspecified atom stereocenters. The van der Waals surface area contributed by atoms with Gasteiger partial charge in [0.1, 0.15) is 6.33 Å². The van der Waals surface area contributed by atoms with E-state index in [2.05, 4.69) is 29.9 Å². The maximum Gasteiger partial charge on any atom is 0.333 e. The van der Waals surface area contributed by atoms with Crippen LogP contribution in [0.4, 0.5) is 17.3 Å². The van der Waals surface area contributed by atoms with Gasteiger partial charge >= 0.3 is 10.3 Å². The van der Waals surface area contributed by atoms with Crippen molar-refractivity contribution in [2.75, 3.05) is 17.2 Å². The first-order chi connectivity index (χ1) is 13.4. The number of hydrogen-bond acceptors (Lipinski definition) is 11. The zero-order valence-electron chi connectivity index (χ0n) is 14.8. The number of anilines is 2. The number of aliphatic hydroxyl groups excluding tert-OH is 1. The summed E-state index contributed by atoms with van der Waals surface area (Å²) in [5, 5.41) is 26.8. The molecule has 13 heteroatoms. The summed E-state index contributed by atoms with van der Waals surface area (Å²) in [7, 11) is -4.05. The molecule has 152 valence electrons. The predicted octanol–water partition coefficient (Wildman–Crippen LogP) is 1.58. The Kier molecular flexibility index (Phi) is 6.51. The normalized spacial score (nSPS) is 22.1. The van der Waals surface area contributed by atoms with E-state index in [1.54, 1.807) is 11.3 Å². The van der Waals surface area contributed by atoms with Gasteiger partial charge in [0, 0.05) is 16.8 Å². The van der Waals surface area contributed by atoms with Gasteiger partial charge in [0.15, 0.2) is 17.3 Å². The lowest BCUT2D eigenvalue weighted by Gasteiger charge is -2.16. The van der Waals surface area contributed by atoms with Crippen LogP contribution in [0.5, 0.6) is 0 Å². The van der Waals surface area contributed by atoms with E-state index in [-0.39, 0.29) is 24.3 Å². The number of aromatic nitrogens is 2. The lowest BCUT2D eigenvalue weighted by Crippen LogP contribution is -2.24. The Morgan fingerprint density at radius 2 is 2.18 bits per heavy atom. The predicted molar refractivity (Wildman–Crippen MR) is 104 cm³/mol. The Hall–Kier alpha value is -2.19. The zero-order chi connectivity index (χ0) is 20.1. The van der Waals surface area contributed by atoms with E-state index >= 15 is 0 Å². The van der Waals surface area contributed by atoms with Gasteiger partial charge < -0.3 is 15.7 Å². The Morgan fingerprint density at radius 1 is 1.39 bits per heavy atom. The van der Waals surface area contributed by atoms with E-state index in [0.717, 1.165) is 4.88 Å². The number of nitrogens with one attached hydrogen (secondary N) is 3. The van der Waals surface area contributed by atoms with Gasteiger partial charge in [-0.25, -0.2) is 20.6 Å². The second-order valence-corrected chi connectivity index (χ2v) is 8.64. The molecular weight excluding hydrogens is 406 g/mol. The first-order valence-electron chi connectivity index (χ1n) is 8.46. The number of thiophene rings is 1. The van der Waals surface area contributed by atoms with Gasteiger partial charge in [-0.1, -0.05) is 6.07 Å². The molecule has 2 heterocycles. The molecule has 6 N–H and O–H groups in total. The minimum Gasteiger partial charge on any atom is -0.393 e. The molecule has 0 aliphatic heterocycles. The fraction of sp³-hybridized carbons (Fsp3) is 0.467. The molecule has 0 aromatic carbocycles. The van der Waals surface area contributed by atoms with E-state index < -0.39 is 16.4 Å². The second kappa shape index (κ2) is 8.87. The molecule has 1 aliphatic carbocycles. The minimum absolute atomic E-state index is 0.189. The fourth-order valence-corrected chi connectivity index (χ4v) is 4.09. The molecule has 0 spiro atoms. The number of hydrogen-bond donors (Lipinski definition) is 5. The van der Waals surface area contributed by atoms with Crippen molar-refractivity contribution in [2.24, 2.45) is 16.2 Å². The van der Waals surface area contributed by atoms with E-state index in [9.17, 15) is 13.5 Å². The van der Waals surface area contributed by atoms with E-state index in [4.69, 9.17) is 10.7 Å². The van der Waals surface area contributed by atoms with Crippen LogP contribution >= 0.6 is 11.3 Å². The summed E-state index contributed by atoms with van der Waals surface area (Å²) in [5.41, 5.74) is 7.75. The minimum atomic E-state index is -4.05. The van der Waals surface area contributed by atoms with Crippen molar-refractivity contribution in [1.82, 2.24) is 9.97 Å². The largest absolute Gasteiger partial charge is 0.393 e. The van der Waals surface area contributed by atoms with E-state index in [1.807, 2.05) is 17.5 Å². The molecule has 1 fully saturated rings. The summed E-state index contributed by atoms with van der Waals surface area (Å²) in [5.74, 6) is 0.405. The Bertz CT molecular complexity index is 907. The average Bonchev–Trinajstić information content (AvgIpc) is 3.27. The Labute approximate surface area is 166 Å². The molecule has 0 saturated heterocycles. The van der Waals surface area contributed by atoms with Crippen molar-refractivity contribution in [3.8, 4) is 0 Å². The molecule has 3 rings (SSSR count). The summed E-state index contributed by atoms with van der Waals surface area (Å²) < 4.78 is 26.5. The third kappa shape index (κ3) is 5.42. The number of aliphatic hydroxyl groups is 1. The van der Waals surface area contributed by atoms with Gasteiger partial charge in [-0.15, -0.1) is 11.3 Å². The number of nitrogens with zero attached hydrogens (tertiary/aromatic N) is 3. The van der Waals surface area contributed by atoms with Crippen molar-refractivity contribution in [3.05, 3.63) is 28.7 Å². The lowest BCUT2D eigenvalue weighted by atomic mass is 10.1. The maximum atomic E-state index is 10.9. The standard InChI is InChI=1S/C15H21N7O4S2/c16-22-13-14(18-6-11-2-1-3-27-11)19-8-20-15(13)21-10-4-9(12(23)5-10)7-26-28(17,24)25/h1-3,8-10,12,16,23H,4-7H2,(H2,17,24,25)(H2,18,19,20,21). The van der Waals surface area contributed by atoms with Crippen LogP contribution in [0.3, 0.4) is 0 Å². The maximum absolute atomic E-state index is 10.9. The van der Waals surface area contributed by atoms with Crippen LogP contribution in [0.2, 0.25) is 0 Å². The quantitative estimate of drug-likeness (QED) is 0.375. The van der Waals surface area contributed by atoms with Gasteiger partial charge in [0.2, 0.25) is 0 Å². The summed E-state index contributed by atoms with van der Waals surface area (Å²) in [6.07, 6.45) is 1.45. The van der Waals surface area contributed by atoms with Crippen LogP contribution in [0.1, 0.15) is 17.7 Å². The SMILES string of the molecule is N=Nc1c(NCc2cccs2)ncnc1NC1CC(O)C(COS(N)(=O)=O)C1. The highest BCUT2D eigenvalue weighted by atomic mass is 32.2. The van der Waals surface area contributed by atoms with Crippen LogP contribution in [0.25, 0.3) is 0 Å². The van der Waals surface area contributed by atoms with Crippen LogP contribution in [0.15, 0.2) is 29.0 Å². The van der Waals surface area contributed by atoms with Crippen molar-refractivity contribution >= 4 is 39.0 Å². The molecule has 1 aliphatic rings. The molecule has 28 heavy (non-hydrogen) atoms. The Morgan fingerprint density at radius 3 is 2.86 bits per heavy atom. The van der Waals surface area contributed by atoms with Crippen molar-refractivity contribution in [1.29, 1.82) is 5.53 Å². The van der Waals surface area contributed by atoms with Crippen LogP contribution in [-0.2, 0) is 21.0 Å². The first-order valence-corrected chi connectivity index (χ1v) is 10.8. The zero-order valence-corrected chi connectivity index (χ0v) is 16.4. The van der Waals surface area contributed by atoms with Crippen LogP contribution < -0.4 is 15.8 Å². The Balaban J connectivity index is 1.65. The summed E-state index contributed by atoms with van der Waals surface area (Å²) in [6, 6.07) is 3.75. The van der Waals surface area contributed by atoms with Crippen molar-refractivity contribution < 1.29 is 17.7 Å². The van der Waals surface area contributed by atoms with Crippen molar-refractivity contribution in [3.63, 3.8) is 0 Å². The van der Waals surface area contributed by atoms with E-state index in [1.165, 1.54) is 6.33 Å². The molecule has 2 aromatic heterocycles. The van der Waals surface area contributed by atoms with Crippen LogP contribution in [-0.4, -0.2) is 42.2 Å². The topological polar surface area (TPSA) is 176 Å². The molecule has 0 bridgehead atoms. The molecule has 2 aromatic rings. The highest BCUT2D eigenvalue weighted by Gasteiger charge is 2.34. The number of nitrogens with two attached hydrogens (primary N) is 1. The van der Waals surface area contributed by atoms with Crippen molar-refractivity contribution in [2.45, 2.75) is 31.5 Å². The molecular formula is C15H21N7O4S2. The first kappa shape index (κ1) is 20.5. The molecule has 0 amide bonds. The average molecular weight is 428 g/mol. The summed E-state index contributed by atoms with van der Waals surface area (Å²) in [4.78, 5) is 9.41. The molecule has 3 atom stereocenters. The molecule has 1 saturated carbocycles. The van der Waals surface area contributed by atoms with Gasteiger partial charge in [-0.2, -0.15) is 13.5 Å². The third-order valence-electron chi connectivity index (χ3n) is 4.39. The van der Waals surface area contributed by atoms with Gasteiger partial charge in [-0.05, 0) is 24.3 Å². The number of rotatable bonds is 9. The highest BCUT2D eigenvalue weighted by Crippen LogP contribution is 2.34. The molecule has 11 nitrogen and oxygen atoms in total. The smallest absolute Gasteiger partial charge is 0.333 e. The summed E-state index contributed by atoms with van der Waals surface area (Å²) in [6.45, 7) is 0.358. The van der Waals surface area contributed by atoms with Crippen LogP contribution in [0, 0.1) is 11.4 Å². The van der Waals surface area contributed by atoms with Gasteiger partial charge in [-0.3, -0.25) is 4.18 Å². The highest BCUT2D eigenvalue weighted by molar-refractivity contribution is 7.84. The lowest BCUT2D eigenvalue weighted by molar-refractivity contribution is 0.101. The second-order valence-electron chi connectivity index (χ2n) is 6.38. The third-order valence-corrected chi connectivity index (χ3v) is 5.73. The van der Waals surface area contributed by atoms with Gasteiger partial charge in [0.05, 0.1) is 19.3 Å². The fourth-order valence-electron chi connectivity index (χ4n) is 3.08. The van der Waals surface area contributed by atoms with E-state index in [0.29, 0.717) is 31.0 Å². The monoisotopic (exact) mass is 427 g/mol.